The quantitative estimate of drug-likeness (QED) is 0.798. The Morgan fingerprint density at radius 3 is 1.21 bits per heavy atom. The molecule has 0 aliphatic heterocycles. The van der Waals surface area contributed by atoms with Crippen LogP contribution in [0.4, 0.5) is 0 Å². The van der Waals surface area contributed by atoms with Crippen LogP contribution in [0.2, 0.25) is 0 Å². The van der Waals surface area contributed by atoms with Gasteiger partial charge in [-0.15, -0.1) is 17.0 Å². The summed E-state index contributed by atoms with van der Waals surface area (Å²) >= 11 is 0. The molecule has 14 heavy (non-hydrogen) atoms. The number of benzene rings is 1. The molecular weight excluding hydrogens is 341 g/mol. The number of carboxylic acids is 2. The number of hydrogen-bond acceptors (Lipinski definition) is 2. The summed E-state index contributed by atoms with van der Waals surface area (Å²) in [6.45, 7) is 0. The van der Waals surface area contributed by atoms with Crippen LogP contribution in [-0.2, 0) is 19.5 Å². The Morgan fingerprint density at radius 1 is 0.857 bits per heavy atom. The Kier molecular flexibility index (Phi) is 7.50. The monoisotopic (exact) mass is 348 g/mol. The van der Waals surface area contributed by atoms with Gasteiger partial charge in [-0.3, -0.25) is 0 Å². The van der Waals surface area contributed by atoms with Crippen molar-refractivity contribution < 1.29 is 39.3 Å². The van der Waals surface area contributed by atoms with Crippen LogP contribution in [0, 0.1) is 0 Å². The van der Waals surface area contributed by atoms with Crippen LogP contribution in [0.5, 0.6) is 0 Å². The van der Waals surface area contributed by atoms with Gasteiger partial charge in [-0.05, 0) is 24.3 Å². The van der Waals surface area contributed by atoms with Crippen molar-refractivity contribution in [3.05, 3.63) is 35.4 Å². The maximum absolute atomic E-state index is 10.3. The predicted molar refractivity (Wildman–Crippen MR) is 50.7 cm³/mol. The van der Waals surface area contributed by atoms with E-state index in [1.165, 1.54) is 24.3 Å². The number of carbonyl (C=O) groups is 2. The summed E-state index contributed by atoms with van der Waals surface area (Å²) in [6.07, 6.45) is 0. The molecule has 0 unspecified atom stereocenters. The zero-order valence-corrected chi connectivity index (χ0v) is 10.2. The van der Waals surface area contributed by atoms with Crippen molar-refractivity contribution in [3.63, 3.8) is 0 Å². The van der Waals surface area contributed by atoms with E-state index >= 15 is 0 Å². The van der Waals surface area contributed by atoms with Crippen LogP contribution in [-0.4, -0.2) is 22.2 Å². The average molecular weight is 348 g/mol. The second-order valence-electron chi connectivity index (χ2n) is 2.19. The van der Waals surface area contributed by atoms with E-state index in [-0.39, 0.29) is 47.6 Å². The first-order valence-corrected chi connectivity index (χ1v) is 3.18. The minimum Gasteiger partial charge on any atom is -0.478 e. The minimum atomic E-state index is -1.06. The first kappa shape index (κ1) is 15.7. The molecule has 78 valence electrons. The van der Waals surface area contributed by atoms with Crippen molar-refractivity contribution in [2.24, 2.45) is 0 Å². The molecule has 1 rings (SSSR count). The van der Waals surface area contributed by atoms with Crippen molar-refractivity contribution in [2.75, 3.05) is 0 Å². The summed E-state index contributed by atoms with van der Waals surface area (Å²) in [5, 5.41) is 16.9. The molecule has 1 aromatic carbocycles. The van der Waals surface area contributed by atoms with Crippen molar-refractivity contribution in [1.29, 1.82) is 0 Å². The third-order valence-electron chi connectivity index (χ3n) is 1.38. The van der Waals surface area contributed by atoms with Crippen molar-refractivity contribution in [2.45, 2.75) is 0 Å². The van der Waals surface area contributed by atoms with Gasteiger partial charge in [0.1, 0.15) is 0 Å². The van der Waals surface area contributed by atoms with Gasteiger partial charge in [0, 0.05) is 19.5 Å². The smallest absolute Gasteiger partial charge is 0.335 e. The van der Waals surface area contributed by atoms with Crippen molar-refractivity contribution in [3.8, 4) is 0 Å². The minimum absolute atomic E-state index is 0. The molecule has 0 radical (unpaired) electrons. The third kappa shape index (κ3) is 3.98. The van der Waals surface area contributed by atoms with Crippen LogP contribution < -0.4 is 0 Å². The first-order chi connectivity index (χ1) is 5.61. The van der Waals surface area contributed by atoms with E-state index in [1.807, 2.05) is 0 Å². The first-order valence-electron chi connectivity index (χ1n) is 3.18. The van der Waals surface area contributed by atoms with Crippen molar-refractivity contribution in [1.82, 2.24) is 0 Å². The number of halogens is 1. The molecule has 0 spiro atoms. The second kappa shape index (κ2) is 6.68. The number of aromatic carboxylic acids is 2. The van der Waals surface area contributed by atoms with Crippen LogP contribution in [0.25, 0.3) is 0 Å². The Balaban J connectivity index is 0. The topological polar surface area (TPSA) is 74.6 Å². The average Bonchev–Trinajstić information content (AvgIpc) is 2.04. The standard InChI is InChI=1S/C8H6O4.BrH.Ru/c9-7(10)5-1-2-6(4-3-5)8(11)12;;/h1-4H,(H,9,10)(H,11,12);1H;. The summed E-state index contributed by atoms with van der Waals surface area (Å²) in [7, 11) is 0. The summed E-state index contributed by atoms with van der Waals surface area (Å²) in [6, 6.07) is 5.02. The molecule has 0 aliphatic carbocycles. The van der Waals surface area contributed by atoms with E-state index in [9.17, 15) is 9.59 Å². The van der Waals surface area contributed by atoms with Crippen LogP contribution in [0.15, 0.2) is 24.3 Å². The van der Waals surface area contributed by atoms with Gasteiger partial charge in [0.2, 0.25) is 0 Å². The fourth-order valence-corrected chi connectivity index (χ4v) is 0.755. The SMILES string of the molecule is Br.O=C(O)c1ccc(C(=O)O)cc1.[Ru]. The Labute approximate surface area is 103 Å². The molecule has 0 amide bonds. The predicted octanol–water partition coefficient (Wildman–Crippen LogP) is 1.66. The summed E-state index contributed by atoms with van der Waals surface area (Å²) < 4.78 is 0. The molecule has 0 saturated heterocycles. The van der Waals surface area contributed by atoms with E-state index in [0.29, 0.717) is 0 Å². The van der Waals surface area contributed by atoms with E-state index in [2.05, 4.69) is 0 Å². The van der Waals surface area contributed by atoms with E-state index in [1.54, 1.807) is 0 Å². The largest absolute Gasteiger partial charge is 0.478 e. The molecule has 0 atom stereocenters. The molecule has 2 N–H and O–H groups in total. The number of rotatable bonds is 2. The van der Waals surface area contributed by atoms with Gasteiger partial charge in [-0.25, -0.2) is 9.59 Å². The molecule has 0 bridgehead atoms. The molecular formula is C8H7BrO4Ru. The second-order valence-corrected chi connectivity index (χ2v) is 2.19. The number of carboxylic acid groups (broad SMARTS) is 2. The molecule has 0 heterocycles. The Hall–Kier alpha value is -0.737. The molecule has 1 aromatic rings. The van der Waals surface area contributed by atoms with Gasteiger partial charge >= 0.3 is 11.9 Å². The van der Waals surface area contributed by atoms with E-state index in [4.69, 9.17) is 10.2 Å². The molecule has 0 aromatic heterocycles. The fourth-order valence-electron chi connectivity index (χ4n) is 0.755. The van der Waals surface area contributed by atoms with Crippen LogP contribution >= 0.6 is 17.0 Å². The zero-order valence-electron chi connectivity index (χ0n) is 6.78. The van der Waals surface area contributed by atoms with E-state index < -0.39 is 11.9 Å². The van der Waals surface area contributed by atoms with Gasteiger partial charge in [0.15, 0.2) is 0 Å². The van der Waals surface area contributed by atoms with Gasteiger partial charge in [-0.1, -0.05) is 0 Å². The molecule has 6 heteroatoms. The summed E-state index contributed by atoms with van der Waals surface area (Å²) in [4.78, 5) is 20.7. The summed E-state index contributed by atoms with van der Waals surface area (Å²) in [5.41, 5.74) is 0.167. The summed E-state index contributed by atoms with van der Waals surface area (Å²) in [5.74, 6) is -2.13. The van der Waals surface area contributed by atoms with Gasteiger partial charge in [0.25, 0.3) is 0 Å². The Morgan fingerprint density at radius 2 is 1.07 bits per heavy atom. The molecule has 0 fully saturated rings. The van der Waals surface area contributed by atoms with Gasteiger partial charge < -0.3 is 10.2 Å². The third-order valence-corrected chi connectivity index (χ3v) is 1.38. The van der Waals surface area contributed by atoms with E-state index in [0.717, 1.165) is 0 Å². The molecule has 0 saturated carbocycles. The maximum atomic E-state index is 10.3. The normalized spacial score (nSPS) is 8.00. The van der Waals surface area contributed by atoms with Crippen LogP contribution in [0.1, 0.15) is 20.7 Å². The van der Waals surface area contributed by atoms with Gasteiger partial charge in [0.05, 0.1) is 11.1 Å². The van der Waals surface area contributed by atoms with Crippen molar-refractivity contribution >= 4 is 28.9 Å². The zero-order chi connectivity index (χ0) is 9.14. The fraction of sp³-hybridized carbons (Fsp3) is 0. The Bertz CT molecular complexity index is 290. The molecule has 4 nitrogen and oxygen atoms in total. The van der Waals surface area contributed by atoms with Gasteiger partial charge in [-0.2, -0.15) is 0 Å². The van der Waals surface area contributed by atoms with Crippen LogP contribution in [0.3, 0.4) is 0 Å². The number of hydrogen-bond donors (Lipinski definition) is 2. The maximum Gasteiger partial charge on any atom is 0.335 e. The molecule has 0 aliphatic rings.